The molecule has 3 atom stereocenters. The molecular weight excluding hydrogens is 604 g/mol. The van der Waals surface area contributed by atoms with E-state index in [0.717, 1.165) is 22.1 Å². The van der Waals surface area contributed by atoms with Gasteiger partial charge in [-0.25, -0.2) is 0 Å². The molecule has 2 saturated heterocycles. The molecule has 14 nitrogen and oxygen atoms in total. The van der Waals surface area contributed by atoms with Gasteiger partial charge >= 0.3 is 0 Å². The van der Waals surface area contributed by atoms with Crippen LogP contribution in [0.3, 0.4) is 0 Å². The van der Waals surface area contributed by atoms with Crippen LogP contribution in [0.25, 0.3) is 22.1 Å². The van der Waals surface area contributed by atoms with E-state index in [1.54, 1.807) is 0 Å². The fraction of sp³-hybridized carbons (Fsp3) is 0.360. The molecule has 222 valence electrons. The Labute approximate surface area is 253 Å². The summed E-state index contributed by atoms with van der Waals surface area (Å²) in [5.74, 6) is 0.0544. The van der Waals surface area contributed by atoms with Crippen LogP contribution in [0.4, 0.5) is 0 Å². The zero-order valence-corrected chi connectivity index (χ0v) is 25.0. The van der Waals surface area contributed by atoms with Crippen LogP contribution in [0, 0.1) is 5.92 Å². The summed E-state index contributed by atoms with van der Waals surface area (Å²) in [4.78, 5) is 46.7. The number of piperazine rings is 2. The highest BCUT2D eigenvalue weighted by molar-refractivity contribution is 8.76. The van der Waals surface area contributed by atoms with Gasteiger partial charge < -0.3 is 21.3 Å². The Morgan fingerprint density at radius 1 is 0.833 bits per heavy atom. The van der Waals surface area contributed by atoms with E-state index in [1.165, 1.54) is 25.8 Å². The van der Waals surface area contributed by atoms with Crippen LogP contribution < -0.4 is 21.3 Å². The lowest BCUT2D eigenvalue weighted by atomic mass is 10.0. The van der Waals surface area contributed by atoms with E-state index in [9.17, 15) is 19.2 Å². The Hall–Kier alpha value is -3.89. The first-order chi connectivity index (χ1) is 20.2. The van der Waals surface area contributed by atoms with Gasteiger partial charge in [-0.05, 0) is 35.4 Å². The number of para-hydroxylation sites is 3. The van der Waals surface area contributed by atoms with Gasteiger partial charge in [-0.2, -0.15) is 19.6 Å². The average Bonchev–Trinajstić information content (AvgIpc) is 3.62. The van der Waals surface area contributed by atoms with Gasteiger partial charge in [0.25, 0.3) is 0 Å². The number of H-pyrrole nitrogens is 1. The van der Waals surface area contributed by atoms with Crippen LogP contribution in [-0.2, 0) is 19.2 Å². The third-order valence-corrected chi connectivity index (χ3v) is 8.71. The summed E-state index contributed by atoms with van der Waals surface area (Å²) in [7, 11) is 2.76. The van der Waals surface area contributed by atoms with Crippen molar-refractivity contribution in [3.8, 4) is 0 Å². The molecule has 2 fully saturated rings. The number of amides is 4. The lowest BCUT2D eigenvalue weighted by molar-refractivity contribution is -0.137. The third kappa shape index (κ3) is 8.33. The number of aromatic amines is 1. The molecule has 42 heavy (non-hydrogen) atoms. The van der Waals surface area contributed by atoms with E-state index in [-0.39, 0.29) is 36.1 Å². The molecule has 0 spiro atoms. The van der Waals surface area contributed by atoms with Crippen molar-refractivity contribution in [2.75, 3.05) is 18.1 Å². The molecule has 5 N–H and O–H groups in total. The van der Waals surface area contributed by atoms with Crippen molar-refractivity contribution in [3.05, 3.63) is 48.5 Å². The lowest BCUT2D eigenvalue weighted by Crippen LogP contribution is -2.63. The van der Waals surface area contributed by atoms with Gasteiger partial charge in [0.05, 0.1) is 6.54 Å². The number of rotatable bonds is 6. The van der Waals surface area contributed by atoms with Crippen molar-refractivity contribution in [3.63, 3.8) is 0 Å². The van der Waals surface area contributed by atoms with Crippen LogP contribution in [0.1, 0.15) is 13.8 Å². The Morgan fingerprint density at radius 2 is 1.43 bits per heavy atom. The molecular formula is C25H29ClN10O4S2. The van der Waals surface area contributed by atoms with E-state index in [2.05, 4.69) is 47.0 Å². The number of aromatic nitrogens is 6. The molecule has 2 aromatic carbocycles. The normalized spacial score (nSPS) is 20.0. The molecule has 2 aliphatic heterocycles. The molecule has 17 heteroatoms. The van der Waals surface area contributed by atoms with E-state index in [4.69, 9.17) is 11.8 Å². The highest BCUT2D eigenvalue weighted by Crippen LogP contribution is 2.24. The van der Waals surface area contributed by atoms with Gasteiger partial charge in [-0.15, -0.1) is 5.10 Å². The second-order valence-electron chi connectivity index (χ2n) is 9.45. The van der Waals surface area contributed by atoms with E-state index in [1.807, 2.05) is 62.4 Å². The summed E-state index contributed by atoms with van der Waals surface area (Å²) in [6, 6.07) is 13.6. The van der Waals surface area contributed by atoms with Gasteiger partial charge in [0.1, 0.15) is 40.2 Å². The number of carbonyl (C=O) groups is 4. The number of carbonyl (C=O) groups excluding carboxylic acids is 4. The lowest BCUT2D eigenvalue weighted by Gasteiger charge is -2.31. The zero-order chi connectivity index (χ0) is 30.1. The van der Waals surface area contributed by atoms with Crippen LogP contribution in [-0.4, -0.2) is 89.7 Å². The maximum Gasteiger partial charge on any atom is 0.244 e. The second-order valence-corrected chi connectivity index (χ2v) is 12.3. The van der Waals surface area contributed by atoms with Crippen molar-refractivity contribution in [1.29, 1.82) is 0 Å². The molecule has 2 aromatic heterocycles. The van der Waals surface area contributed by atoms with Crippen molar-refractivity contribution in [2.45, 2.75) is 32.0 Å². The summed E-state index contributed by atoms with van der Waals surface area (Å²) in [5, 5.41) is 28.3. The molecule has 0 aliphatic carbocycles. The predicted molar refractivity (Wildman–Crippen MR) is 161 cm³/mol. The van der Waals surface area contributed by atoms with Crippen molar-refractivity contribution >= 4 is 79.1 Å². The zero-order valence-electron chi connectivity index (χ0n) is 22.6. The largest absolute Gasteiger partial charge is 0.345 e. The quantitative estimate of drug-likeness (QED) is 0.152. The molecule has 2 aliphatic rings. The number of benzene rings is 2. The third-order valence-electron chi connectivity index (χ3n) is 6.04. The second kappa shape index (κ2) is 14.8. The first-order valence-electron chi connectivity index (χ1n) is 12.9. The topological polar surface area (TPSA) is 189 Å². The number of nitrogens with zero attached hydrogens (tertiary/aromatic N) is 5. The minimum Gasteiger partial charge on any atom is -0.345 e. The average molecular weight is 633 g/mol. The minimum atomic E-state index is -0.579. The van der Waals surface area contributed by atoms with Crippen LogP contribution in [0.2, 0.25) is 0 Å². The summed E-state index contributed by atoms with van der Waals surface area (Å²) in [6.45, 7) is 3.76. The van der Waals surface area contributed by atoms with E-state index >= 15 is 0 Å². The number of hydrogen-bond donors (Lipinski definition) is 5. The van der Waals surface area contributed by atoms with Gasteiger partial charge in [0.2, 0.25) is 23.6 Å². The molecule has 0 saturated carbocycles. The summed E-state index contributed by atoms with van der Waals surface area (Å²) < 4.78 is 1.23. The van der Waals surface area contributed by atoms with Crippen molar-refractivity contribution < 1.29 is 19.2 Å². The Kier molecular flexibility index (Phi) is 11.0. The van der Waals surface area contributed by atoms with E-state index < -0.39 is 18.1 Å². The summed E-state index contributed by atoms with van der Waals surface area (Å²) in [5.41, 5.74) is 3.48. The molecule has 0 bridgehead atoms. The highest BCUT2D eigenvalue weighted by Gasteiger charge is 2.35. The summed E-state index contributed by atoms with van der Waals surface area (Å²) in [6.07, 6.45) is 0. The first-order valence-corrected chi connectivity index (χ1v) is 15.7. The van der Waals surface area contributed by atoms with Crippen molar-refractivity contribution in [2.24, 2.45) is 5.92 Å². The van der Waals surface area contributed by atoms with Crippen LogP contribution >= 0.6 is 33.4 Å². The molecule has 4 heterocycles. The monoisotopic (exact) mass is 632 g/mol. The van der Waals surface area contributed by atoms with Crippen LogP contribution in [0.5, 0.6) is 0 Å². The maximum absolute atomic E-state index is 12.0. The van der Waals surface area contributed by atoms with Gasteiger partial charge in [-0.1, -0.05) is 59.7 Å². The molecule has 4 amide bonds. The highest BCUT2D eigenvalue weighted by atomic mass is 35.5. The predicted octanol–water partition coefficient (Wildman–Crippen LogP) is 1.01. The smallest absolute Gasteiger partial charge is 0.244 e. The molecule has 0 radical (unpaired) electrons. The Balaban J connectivity index is 0.000000172. The summed E-state index contributed by atoms with van der Waals surface area (Å²) >= 11 is 5.62. The maximum atomic E-state index is 12.0. The Morgan fingerprint density at radius 3 is 2.05 bits per heavy atom. The Bertz CT molecular complexity index is 1520. The fourth-order valence-corrected chi connectivity index (χ4v) is 6.32. The fourth-order valence-electron chi connectivity index (χ4n) is 3.81. The number of hydrogen-bond acceptors (Lipinski definition) is 10. The van der Waals surface area contributed by atoms with Gasteiger partial charge in [-0.3, -0.25) is 19.2 Å². The standard InChI is InChI=1S/C13H20N4O4S2.C6H4ClN3.C6H5N3/c1-6(2)10-13(21)16-8(12(20)17-10)5-23-22-4-7-11(19)14-3-9(18)15-7;7-10-6-4-2-1-3-5(6)8-9-10;1-2-4-6-5(3-1)7-9-8-6/h6-8,10H,3-5H2,1-2H3,(H,14,19)(H,15,18)(H,16,21)(H,17,20);1-4H;1-4H,(H,7,8,9)/t7-,8+,10?;;/m0../s1. The molecule has 4 aromatic rings. The SMILES string of the molecule is CC(C)C1NC(=O)[C@@H](CSSC[C@@H]2NC(=O)CNC2=O)NC1=O.Cln1nnc2ccccc21.c1ccc2n[nH]nc2c1. The number of nitrogens with one attached hydrogen (secondary N) is 5. The van der Waals surface area contributed by atoms with Crippen LogP contribution in [0.15, 0.2) is 48.5 Å². The molecule has 1 unspecified atom stereocenters. The number of halogens is 1. The van der Waals surface area contributed by atoms with E-state index in [0.29, 0.717) is 11.5 Å². The molecule has 6 rings (SSSR count). The minimum absolute atomic E-state index is 0.0123. The van der Waals surface area contributed by atoms with Crippen molar-refractivity contribution in [1.82, 2.24) is 51.2 Å². The van der Waals surface area contributed by atoms with Gasteiger partial charge in [0, 0.05) is 23.3 Å². The number of fused-ring (bicyclic) bond motifs is 2. The van der Waals surface area contributed by atoms with Gasteiger partial charge in [0.15, 0.2) is 0 Å². The first kappa shape index (κ1) is 31.1.